The first-order chi connectivity index (χ1) is 7.65. The second kappa shape index (κ2) is 4.97. The molecule has 0 spiro atoms. The number of hydrogen-bond donors (Lipinski definition) is 2. The Morgan fingerprint density at radius 1 is 1.38 bits per heavy atom. The van der Waals surface area contributed by atoms with E-state index in [0.717, 1.165) is 25.7 Å². The largest absolute Gasteiger partial charge is 0.365 e. The fraction of sp³-hybridized carbons (Fsp3) is 0.545. The van der Waals surface area contributed by atoms with Gasteiger partial charge in [-0.05, 0) is 31.7 Å². The quantitative estimate of drug-likeness (QED) is 0.839. The molecule has 3 nitrogen and oxygen atoms in total. The number of nitrogens with two attached hydrogens (primary N) is 1. The first kappa shape index (κ1) is 11.6. The van der Waals surface area contributed by atoms with Gasteiger partial charge < -0.3 is 11.1 Å². The minimum Gasteiger partial charge on any atom is -0.365 e. The first-order valence-corrected chi connectivity index (χ1v) is 5.86. The molecule has 0 atom stereocenters. The summed E-state index contributed by atoms with van der Waals surface area (Å²) in [6, 6.07) is 1.83. The molecule has 0 saturated heterocycles. The van der Waals surface area contributed by atoms with Crippen molar-refractivity contribution in [2.75, 3.05) is 5.32 Å². The van der Waals surface area contributed by atoms with Crippen molar-refractivity contribution in [3.8, 4) is 0 Å². The molecule has 1 aliphatic rings. The van der Waals surface area contributed by atoms with Crippen molar-refractivity contribution >= 4 is 17.4 Å². The number of pyridine rings is 1. The van der Waals surface area contributed by atoms with E-state index in [0.29, 0.717) is 11.1 Å². The summed E-state index contributed by atoms with van der Waals surface area (Å²) in [5.41, 5.74) is 5.81. The van der Waals surface area contributed by atoms with Gasteiger partial charge in [-0.1, -0.05) is 11.6 Å². The van der Waals surface area contributed by atoms with E-state index in [1.807, 2.05) is 0 Å². The summed E-state index contributed by atoms with van der Waals surface area (Å²) in [6.07, 6.45) is 5.33. The van der Waals surface area contributed by atoms with Crippen molar-refractivity contribution in [2.24, 2.45) is 5.73 Å². The molecule has 1 aliphatic carbocycles. The standard InChI is InChI=1S/C11H15ClFN3/c12-7-5-10(13)11(15-6-7)16-9-3-1-8(14)2-4-9/h5-6,8-9H,1-4,14H2,(H,15,16). The van der Waals surface area contributed by atoms with E-state index in [1.165, 1.54) is 12.3 Å². The van der Waals surface area contributed by atoms with Gasteiger partial charge in [-0.15, -0.1) is 0 Å². The van der Waals surface area contributed by atoms with E-state index in [9.17, 15) is 4.39 Å². The Kier molecular flexibility index (Phi) is 3.61. The van der Waals surface area contributed by atoms with Crippen LogP contribution in [0.1, 0.15) is 25.7 Å². The highest BCUT2D eigenvalue weighted by Crippen LogP contribution is 2.22. The molecule has 88 valence electrons. The Morgan fingerprint density at radius 2 is 2.06 bits per heavy atom. The van der Waals surface area contributed by atoms with Crippen LogP contribution in [0.2, 0.25) is 5.02 Å². The lowest BCUT2D eigenvalue weighted by Crippen LogP contribution is -2.33. The molecule has 0 radical (unpaired) electrons. The fourth-order valence-corrected chi connectivity index (χ4v) is 2.12. The van der Waals surface area contributed by atoms with Crippen molar-refractivity contribution in [3.05, 3.63) is 23.1 Å². The highest BCUT2D eigenvalue weighted by atomic mass is 35.5. The molecule has 1 saturated carbocycles. The van der Waals surface area contributed by atoms with Gasteiger partial charge in [0.2, 0.25) is 0 Å². The molecule has 2 rings (SSSR count). The molecular formula is C11H15ClFN3. The molecule has 0 amide bonds. The van der Waals surface area contributed by atoms with Crippen LogP contribution in [0, 0.1) is 5.82 Å². The molecule has 16 heavy (non-hydrogen) atoms. The molecule has 1 aromatic rings. The van der Waals surface area contributed by atoms with E-state index in [1.54, 1.807) is 0 Å². The molecule has 0 aromatic carbocycles. The van der Waals surface area contributed by atoms with Crippen LogP contribution in [-0.4, -0.2) is 17.1 Å². The third-order valence-electron chi connectivity index (χ3n) is 2.92. The topological polar surface area (TPSA) is 50.9 Å². The number of nitrogens with one attached hydrogen (secondary N) is 1. The van der Waals surface area contributed by atoms with Crippen molar-refractivity contribution in [2.45, 2.75) is 37.8 Å². The van der Waals surface area contributed by atoms with E-state index >= 15 is 0 Å². The predicted molar refractivity (Wildman–Crippen MR) is 63.1 cm³/mol. The smallest absolute Gasteiger partial charge is 0.166 e. The maximum Gasteiger partial charge on any atom is 0.166 e. The van der Waals surface area contributed by atoms with Crippen LogP contribution in [0.15, 0.2) is 12.3 Å². The van der Waals surface area contributed by atoms with Crippen molar-refractivity contribution in [1.29, 1.82) is 0 Å². The van der Waals surface area contributed by atoms with Crippen LogP contribution < -0.4 is 11.1 Å². The summed E-state index contributed by atoms with van der Waals surface area (Å²) >= 11 is 5.63. The predicted octanol–water partition coefficient (Wildman–Crippen LogP) is 2.56. The molecule has 0 bridgehead atoms. The Bertz CT molecular complexity index is 364. The molecule has 5 heteroatoms. The fourth-order valence-electron chi connectivity index (χ4n) is 1.98. The third kappa shape index (κ3) is 2.83. The van der Waals surface area contributed by atoms with Gasteiger partial charge >= 0.3 is 0 Å². The van der Waals surface area contributed by atoms with Gasteiger partial charge in [0.15, 0.2) is 11.6 Å². The summed E-state index contributed by atoms with van der Waals surface area (Å²) in [6.45, 7) is 0. The van der Waals surface area contributed by atoms with Crippen molar-refractivity contribution in [3.63, 3.8) is 0 Å². The van der Waals surface area contributed by atoms with Crippen LogP contribution >= 0.6 is 11.6 Å². The van der Waals surface area contributed by atoms with Crippen molar-refractivity contribution < 1.29 is 4.39 Å². The molecule has 1 fully saturated rings. The zero-order valence-corrected chi connectivity index (χ0v) is 9.67. The van der Waals surface area contributed by atoms with Crippen LogP contribution in [0.25, 0.3) is 0 Å². The van der Waals surface area contributed by atoms with Crippen LogP contribution in [0.5, 0.6) is 0 Å². The maximum absolute atomic E-state index is 13.4. The van der Waals surface area contributed by atoms with Crippen LogP contribution in [0.4, 0.5) is 10.2 Å². The van der Waals surface area contributed by atoms with Gasteiger partial charge in [-0.25, -0.2) is 9.37 Å². The van der Waals surface area contributed by atoms with Crippen LogP contribution in [-0.2, 0) is 0 Å². The minimum atomic E-state index is -0.401. The van der Waals surface area contributed by atoms with E-state index in [2.05, 4.69) is 10.3 Å². The van der Waals surface area contributed by atoms with E-state index in [4.69, 9.17) is 17.3 Å². The van der Waals surface area contributed by atoms with Gasteiger partial charge in [0.25, 0.3) is 0 Å². The molecular weight excluding hydrogens is 229 g/mol. The molecule has 0 aliphatic heterocycles. The highest BCUT2D eigenvalue weighted by molar-refractivity contribution is 6.30. The summed E-state index contributed by atoms with van der Waals surface area (Å²) in [5.74, 6) is -0.118. The minimum absolute atomic E-state index is 0.267. The van der Waals surface area contributed by atoms with Gasteiger partial charge in [-0.2, -0.15) is 0 Å². The zero-order chi connectivity index (χ0) is 11.5. The normalized spacial score (nSPS) is 25.4. The lowest BCUT2D eigenvalue weighted by molar-refractivity contribution is 0.409. The zero-order valence-electron chi connectivity index (χ0n) is 8.92. The lowest BCUT2D eigenvalue weighted by atomic mass is 9.92. The Balaban J connectivity index is 1.98. The number of aromatic nitrogens is 1. The van der Waals surface area contributed by atoms with Gasteiger partial charge in [0.05, 0.1) is 5.02 Å². The van der Waals surface area contributed by atoms with Crippen LogP contribution in [0.3, 0.4) is 0 Å². The summed E-state index contributed by atoms with van der Waals surface area (Å²) < 4.78 is 13.4. The number of anilines is 1. The monoisotopic (exact) mass is 243 g/mol. The second-order valence-corrected chi connectivity index (χ2v) is 4.68. The Labute approximate surface area is 99.2 Å². The molecule has 0 unspecified atom stereocenters. The average Bonchev–Trinajstić information content (AvgIpc) is 2.25. The van der Waals surface area contributed by atoms with E-state index < -0.39 is 5.82 Å². The molecule has 1 heterocycles. The van der Waals surface area contributed by atoms with E-state index in [-0.39, 0.29) is 11.9 Å². The second-order valence-electron chi connectivity index (χ2n) is 4.24. The molecule has 1 aromatic heterocycles. The van der Waals surface area contributed by atoms with Gasteiger partial charge in [-0.3, -0.25) is 0 Å². The summed E-state index contributed by atoms with van der Waals surface area (Å²) in [5, 5.41) is 3.41. The van der Waals surface area contributed by atoms with Gasteiger partial charge in [0.1, 0.15) is 0 Å². The lowest BCUT2D eigenvalue weighted by Gasteiger charge is -2.27. The SMILES string of the molecule is NC1CCC(Nc2ncc(Cl)cc2F)CC1. The number of hydrogen-bond acceptors (Lipinski definition) is 3. The van der Waals surface area contributed by atoms with Gasteiger partial charge in [0, 0.05) is 18.3 Å². The Morgan fingerprint density at radius 3 is 2.69 bits per heavy atom. The number of nitrogens with zero attached hydrogens (tertiary/aromatic N) is 1. The molecule has 3 N–H and O–H groups in total. The first-order valence-electron chi connectivity index (χ1n) is 5.48. The average molecular weight is 244 g/mol. The summed E-state index contributed by atoms with van der Waals surface area (Å²) in [7, 11) is 0. The summed E-state index contributed by atoms with van der Waals surface area (Å²) in [4.78, 5) is 3.94. The maximum atomic E-state index is 13.4. The third-order valence-corrected chi connectivity index (χ3v) is 3.13. The highest BCUT2D eigenvalue weighted by Gasteiger charge is 2.19. The number of halogens is 2. The Hall–Kier alpha value is -0.870. The van der Waals surface area contributed by atoms with Crippen molar-refractivity contribution in [1.82, 2.24) is 4.98 Å². The number of rotatable bonds is 2.